The van der Waals surface area contributed by atoms with Gasteiger partial charge >= 0.3 is 5.97 Å². The Bertz CT molecular complexity index is 1410. The Hall–Kier alpha value is -4.79. The lowest BCUT2D eigenvalue weighted by Crippen LogP contribution is -2.08. The van der Waals surface area contributed by atoms with E-state index < -0.39 is 10.9 Å². The van der Waals surface area contributed by atoms with E-state index in [4.69, 9.17) is 14.6 Å². The molecular weight excluding hydrogens is 460 g/mol. The van der Waals surface area contributed by atoms with Crippen LogP contribution in [0.1, 0.15) is 34.1 Å². The van der Waals surface area contributed by atoms with E-state index in [1.54, 1.807) is 26.2 Å². The number of nitro groups is 1. The van der Waals surface area contributed by atoms with Crippen molar-refractivity contribution in [1.29, 1.82) is 0 Å². The smallest absolute Gasteiger partial charge is 0.340 e. The Morgan fingerprint density at radius 3 is 2.58 bits per heavy atom. The lowest BCUT2D eigenvalue weighted by atomic mass is 10.1. The Morgan fingerprint density at radius 2 is 1.86 bits per heavy atom. The molecule has 0 aliphatic carbocycles. The number of ether oxygens (including phenoxy) is 2. The van der Waals surface area contributed by atoms with Crippen LogP contribution in [-0.4, -0.2) is 39.4 Å². The number of hydrogen-bond acceptors (Lipinski definition) is 7. The van der Waals surface area contributed by atoms with Gasteiger partial charge in [-0.3, -0.25) is 14.8 Å². The maximum absolute atomic E-state index is 12.5. The summed E-state index contributed by atoms with van der Waals surface area (Å²) in [4.78, 5) is 27.2. The van der Waals surface area contributed by atoms with Gasteiger partial charge in [-0.1, -0.05) is 42.5 Å². The number of carbonyl (C=O) groups is 1. The molecule has 0 aliphatic rings. The van der Waals surface area contributed by atoms with E-state index in [1.807, 2.05) is 65.5 Å². The molecule has 9 nitrogen and oxygen atoms in total. The summed E-state index contributed by atoms with van der Waals surface area (Å²) in [6.07, 6.45) is 6.40. The van der Waals surface area contributed by atoms with Crippen molar-refractivity contribution < 1.29 is 19.2 Å². The largest absolute Gasteiger partial charge is 0.496 e. The van der Waals surface area contributed by atoms with Crippen molar-refractivity contribution in [3.63, 3.8) is 0 Å². The molecular formula is C27H24N4O5. The summed E-state index contributed by atoms with van der Waals surface area (Å²) in [7, 11) is 1.60. The summed E-state index contributed by atoms with van der Waals surface area (Å²) in [5, 5.41) is 16.0. The standard InChI is InChI=1S/C27H24N4O5/c1-3-36-27(32)23-15-21(31(33)34)16-28-24(23)14-13-20-18-30(17-19-9-5-4-6-10-19)29-26(20)22-11-7-8-12-25(22)35-2/h4-16,18H,3,17H2,1-2H3/b14-13-. The van der Waals surface area contributed by atoms with Crippen molar-refractivity contribution in [2.24, 2.45) is 0 Å². The van der Waals surface area contributed by atoms with E-state index in [2.05, 4.69) is 4.98 Å². The molecule has 182 valence electrons. The highest BCUT2D eigenvalue weighted by atomic mass is 16.6. The number of nitrogens with zero attached hydrogens (tertiary/aromatic N) is 4. The Labute approximate surface area is 207 Å². The van der Waals surface area contributed by atoms with Crippen LogP contribution in [-0.2, 0) is 11.3 Å². The van der Waals surface area contributed by atoms with Crippen molar-refractivity contribution in [1.82, 2.24) is 14.8 Å². The molecule has 0 unspecified atom stereocenters. The first-order chi connectivity index (χ1) is 17.5. The lowest BCUT2D eigenvalue weighted by Gasteiger charge is -2.07. The molecule has 0 saturated carbocycles. The first-order valence-corrected chi connectivity index (χ1v) is 11.2. The van der Waals surface area contributed by atoms with Crippen LogP contribution in [0.15, 0.2) is 73.1 Å². The number of aromatic nitrogens is 3. The normalized spacial score (nSPS) is 10.9. The van der Waals surface area contributed by atoms with Crippen LogP contribution in [0, 0.1) is 10.1 Å². The summed E-state index contributed by atoms with van der Waals surface area (Å²) in [5.74, 6) is -0.0177. The minimum absolute atomic E-state index is 0.0119. The van der Waals surface area contributed by atoms with E-state index in [1.165, 1.54) is 6.07 Å². The van der Waals surface area contributed by atoms with E-state index in [0.717, 1.165) is 22.9 Å². The predicted molar refractivity (Wildman–Crippen MR) is 136 cm³/mol. The van der Waals surface area contributed by atoms with E-state index >= 15 is 0 Å². The fourth-order valence-corrected chi connectivity index (χ4v) is 3.70. The van der Waals surface area contributed by atoms with Crippen LogP contribution < -0.4 is 4.74 Å². The topological polar surface area (TPSA) is 109 Å². The maximum Gasteiger partial charge on any atom is 0.340 e. The average molecular weight is 485 g/mol. The Morgan fingerprint density at radius 1 is 1.11 bits per heavy atom. The van der Waals surface area contributed by atoms with E-state index in [9.17, 15) is 14.9 Å². The van der Waals surface area contributed by atoms with Gasteiger partial charge in [0.05, 0.1) is 36.4 Å². The highest BCUT2D eigenvalue weighted by Gasteiger charge is 2.19. The second-order valence-corrected chi connectivity index (χ2v) is 7.75. The summed E-state index contributed by atoms with van der Waals surface area (Å²) >= 11 is 0. The van der Waals surface area contributed by atoms with Crippen molar-refractivity contribution in [2.75, 3.05) is 13.7 Å². The van der Waals surface area contributed by atoms with Crippen LogP contribution in [0.2, 0.25) is 0 Å². The predicted octanol–water partition coefficient (Wildman–Crippen LogP) is 5.26. The van der Waals surface area contributed by atoms with Crippen LogP contribution in [0.4, 0.5) is 5.69 Å². The van der Waals surface area contributed by atoms with Gasteiger partial charge in [-0.2, -0.15) is 5.10 Å². The number of esters is 1. The molecule has 9 heteroatoms. The highest BCUT2D eigenvalue weighted by molar-refractivity contribution is 5.95. The van der Waals surface area contributed by atoms with Crippen molar-refractivity contribution in [3.05, 3.63) is 106 Å². The number of pyridine rings is 1. The average Bonchev–Trinajstić information content (AvgIpc) is 3.30. The zero-order valence-electron chi connectivity index (χ0n) is 19.8. The number of rotatable bonds is 9. The molecule has 0 atom stereocenters. The first-order valence-electron chi connectivity index (χ1n) is 11.2. The van der Waals surface area contributed by atoms with Gasteiger partial charge in [-0.05, 0) is 36.8 Å². The second kappa shape index (κ2) is 11.1. The first kappa shape index (κ1) is 24.3. The molecule has 2 aromatic heterocycles. The summed E-state index contributed by atoms with van der Waals surface area (Å²) in [5.41, 5.74) is 3.29. The van der Waals surface area contributed by atoms with Crippen LogP contribution >= 0.6 is 0 Å². The summed E-state index contributed by atoms with van der Waals surface area (Å²) in [6.45, 7) is 2.36. The van der Waals surface area contributed by atoms with Crippen molar-refractivity contribution in [3.8, 4) is 17.0 Å². The molecule has 0 spiro atoms. The molecule has 0 amide bonds. The second-order valence-electron chi connectivity index (χ2n) is 7.75. The molecule has 0 saturated heterocycles. The zero-order chi connectivity index (χ0) is 25.5. The third-order valence-electron chi connectivity index (χ3n) is 5.37. The van der Waals surface area contributed by atoms with Gasteiger partial charge in [0.2, 0.25) is 0 Å². The third kappa shape index (κ3) is 5.47. The molecule has 4 aromatic rings. The van der Waals surface area contributed by atoms with Gasteiger partial charge in [0, 0.05) is 23.4 Å². The summed E-state index contributed by atoms with van der Waals surface area (Å²) < 4.78 is 12.5. The molecule has 2 aromatic carbocycles. The molecule has 0 aliphatic heterocycles. The fraction of sp³-hybridized carbons (Fsp3) is 0.148. The molecule has 0 radical (unpaired) electrons. The molecule has 0 bridgehead atoms. The molecule has 2 heterocycles. The van der Waals surface area contributed by atoms with Crippen molar-refractivity contribution >= 4 is 23.8 Å². The Kier molecular flexibility index (Phi) is 7.50. The number of carbonyl (C=O) groups excluding carboxylic acids is 1. The van der Waals surface area contributed by atoms with Crippen LogP contribution in [0.3, 0.4) is 0 Å². The van der Waals surface area contributed by atoms with E-state index in [0.29, 0.717) is 18.0 Å². The summed E-state index contributed by atoms with van der Waals surface area (Å²) in [6, 6.07) is 18.7. The molecule has 36 heavy (non-hydrogen) atoms. The van der Waals surface area contributed by atoms with Crippen LogP contribution in [0.25, 0.3) is 23.4 Å². The highest BCUT2D eigenvalue weighted by Crippen LogP contribution is 2.32. The fourth-order valence-electron chi connectivity index (χ4n) is 3.70. The molecule has 4 rings (SSSR count). The van der Waals surface area contributed by atoms with Crippen LogP contribution in [0.5, 0.6) is 5.75 Å². The van der Waals surface area contributed by atoms with Gasteiger partial charge < -0.3 is 9.47 Å². The van der Waals surface area contributed by atoms with Gasteiger partial charge in [0.15, 0.2) is 0 Å². The van der Waals surface area contributed by atoms with Gasteiger partial charge in [0.25, 0.3) is 5.69 Å². The number of para-hydroxylation sites is 1. The number of benzene rings is 2. The zero-order valence-corrected chi connectivity index (χ0v) is 19.8. The molecule has 0 N–H and O–H groups in total. The minimum atomic E-state index is -0.682. The lowest BCUT2D eigenvalue weighted by molar-refractivity contribution is -0.385. The monoisotopic (exact) mass is 484 g/mol. The SMILES string of the molecule is CCOC(=O)c1cc([N+](=O)[O-])cnc1/C=C\c1cn(Cc2ccccc2)nc1-c1ccccc1OC. The number of methoxy groups -OCH3 is 1. The third-order valence-corrected chi connectivity index (χ3v) is 5.37. The van der Waals surface area contributed by atoms with Gasteiger partial charge in [-0.15, -0.1) is 0 Å². The number of hydrogen-bond donors (Lipinski definition) is 0. The van der Waals surface area contributed by atoms with Gasteiger partial charge in [-0.25, -0.2) is 9.78 Å². The maximum atomic E-state index is 12.5. The van der Waals surface area contributed by atoms with E-state index in [-0.39, 0.29) is 23.6 Å². The minimum Gasteiger partial charge on any atom is -0.496 e. The van der Waals surface area contributed by atoms with Gasteiger partial charge in [0.1, 0.15) is 17.6 Å². The molecule has 0 fully saturated rings. The quantitative estimate of drug-likeness (QED) is 0.181. The Balaban J connectivity index is 1.78. The van der Waals surface area contributed by atoms with Crippen molar-refractivity contribution in [2.45, 2.75) is 13.5 Å².